The largest absolute Gasteiger partial charge is 0.353 e. The van der Waals surface area contributed by atoms with Crippen LogP contribution in [0.3, 0.4) is 0 Å². The third-order valence-corrected chi connectivity index (χ3v) is 4.63. The van der Waals surface area contributed by atoms with Gasteiger partial charge in [-0.1, -0.05) is 37.3 Å². The zero-order valence-corrected chi connectivity index (χ0v) is 17.0. The monoisotopic (exact) mass is 389 g/mol. The fourth-order valence-electron chi connectivity index (χ4n) is 2.94. The molecular weight excluding hydrogens is 362 g/mol. The molecule has 0 fully saturated rings. The molecule has 1 aromatic heterocycles. The normalized spacial score (nSPS) is 11.9. The van der Waals surface area contributed by atoms with Crippen LogP contribution in [0.15, 0.2) is 48.7 Å². The van der Waals surface area contributed by atoms with Crippen LogP contribution in [0.2, 0.25) is 0 Å². The van der Waals surface area contributed by atoms with Crippen molar-refractivity contribution in [2.24, 2.45) is 7.05 Å². The van der Waals surface area contributed by atoms with E-state index in [9.17, 15) is 9.59 Å². The topological polar surface area (TPSA) is 45.6 Å². The number of rotatable bonds is 9. The van der Waals surface area contributed by atoms with Gasteiger partial charge in [0.1, 0.15) is 5.38 Å². The molecule has 1 atom stereocenters. The number of aromatic nitrogens is 1. The Morgan fingerprint density at radius 3 is 2.33 bits per heavy atom. The number of carbonyl (C=O) groups is 2. The van der Waals surface area contributed by atoms with E-state index >= 15 is 0 Å². The highest BCUT2D eigenvalue weighted by Crippen LogP contribution is 2.12. The number of amides is 2. The minimum Gasteiger partial charge on any atom is -0.353 e. The predicted octanol–water partition coefficient (Wildman–Crippen LogP) is 3.42. The summed E-state index contributed by atoms with van der Waals surface area (Å²) in [5.74, 6) is -0.287. The third kappa shape index (κ3) is 6.14. The molecule has 2 amide bonds. The van der Waals surface area contributed by atoms with Crippen molar-refractivity contribution in [2.75, 3.05) is 13.1 Å². The quantitative estimate of drug-likeness (QED) is 0.617. The van der Waals surface area contributed by atoms with Gasteiger partial charge in [0, 0.05) is 32.0 Å². The Balaban J connectivity index is 2.18. The molecule has 0 aliphatic carbocycles. The summed E-state index contributed by atoms with van der Waals surface area (Å²) in [7, 11) is 1.96. The van der Waals surface area contributed by atoms with Gasteiger partial charge in [-0.2, -0.15) is 0 Å². The molecule has 0 aliphatic rings. The Labute approximate surface area is 166 Å². The van der Waals surface area contributed by atoms with Gasteiger partial charge in [-0.25, -0.2) is 0 Å². The molecule has 2 aromatic rings. The summed E-state index contributed by atoms with van der Waals surface area (Å²) in [4.78, 5) is 28.8. The average Bonchev–Trinajstić information content (AvgIpc) is 3.05. The van der Waals surface area contributed by atoms with Crippen molar-refractivity contribution >= 4 is 23.4 Å². The van der Waals surface area contributed by atoms with Gasteiger partial charge in [0.15, 0.2) is 0 Å². The van der Waals surface area contributed by atoms with Crippen molar-refractivity contribution in [3.05, 3.63) is 59.9 Å². The molecule has 27 heavy (non-hydrogen) atoms. The Bertz CT molecular complexity index is 743. The highest BCUT2D eigenvalue weighted by Gasteiger charge is 2.24. The average molecular weight is 390 g/mol. The minimum atomic E-state index is -0.639. The lowest BCUT2D eigenvalue weighted by Gasteiger charge is -2.28. The van der Waals surface area contributed by atoms with Gasteiger partial charge >= 0.3 is 0 Å². The summed E-state index contributed by atoms with van der Waals surface area (Å²) in [6, 6.07) is 13.8. The predicted molar refractivity (Wildman–Crippen MR) is 108 cm³/mol. The Hall–Kier alpha value is -2.27. The van der Waals surface area contributed by atoms with Crippen molar-refractivity contribution in [3.8, 4) is 0 Å². The molecule has 0 bridgehead atoms. The first-order valence-corrected chi connectivity index (χ1v) is 9.70. The highest BCUT2D eigenvalue weighted by molar-refractivity contribution is 6.30. The van der Waals surface area contributed by atoms with Crippen molar-refractivity contribution in [3.63, 3.8) is 0 Å². The van der Waals surface area contributed by atoms with Crippen LogP contribution in [0, 0.1) is 0 Å². The maximum absolute atomic E-state index is 13.1. The summed E-state index contributed by atoms with van der Waals surface area (Å²) >= 11 is 5.97. The van der Waals surface area contributed by atoms with Crippen LogP contribution in [-0.2, 0) is 29.7 Å². The van der Waals surface area contributed by atoms with Crippen molar-refractivity contribution in [2.45, 2.75) is 38.7 Å². The molecule has 6 heteroatoms. The molecule has 1 unspecified atom stereocenters. The fourth-order valence-corrected chi connectivity index (χ4v) is 3.08. The molecule has 1 heterocycles. The van der Waals surface area contributed by atoms with Gasteiger partial charge in [0.05, 0.1) is 13.1 Å². The van der Waals surface area contributed by atoms with Gasteiger partial charge in [-0.15, -0.1) is 11.6 Å². The van der Waals surface area contributed by atoms with Crippen LogP contribution in [0.4, 0.5) is 0 Å². The number of aryl methyl sites for hydroxylation is 1. The number of benzene rings is 1. The van der Waals surface area contributed by atoms with E-state index in [2.05, 4.69) is 0 Å². The first-order chi connectivity index (χ1) is 12.9. The molecule has 0 saturated carbocycles. The number of halogens is 1. The summed E-state index contributed by atoms with van der Waals surface area (Å²) in [5.41, 5.74) is 2.09. The van der Waals surface area contributed by atoms with Crippen LogP contribution < -0.4 is 0 Å². The third-order valence-electron chi connectivity index (χ3n) is 4.44. The zero-order chi connectivity index (χ0) is 19.8. The van der Waals surface area contributed by atoms with E-state index in [0.717, 1.165) is 17.7 Å². The van der Waals surface area contributed by atoms with E-state index in [1.165, 1.54) is 0 Å². The maximum Gasteiger partial charge on any atom is 0.242 e. The lowest BCUT2D eigenvalue weighted by atomic mass is 10.2. The van der Waals surface area contributed by atoms with Gasteiger partial charge in [-0.3, -0.25) is 9.59 Å². The number of carbonyl (C=O) groups excluding carboxylic acids is 2. The van der Waals surface area contributed by atoms with E-state index in [-0.39, 0.29) is 18.4 Å². The first kappa shape index (κ1) is 21.0. The molecule has 1 aromatic carbocycles. The van der Waals surface area contributed by atoms with Gasteiger partial charge in [-0.05, 0) is 31.0 Å². The number of nitrogens with zero attached hydrogens (tertiary/aromatic N) is 3. The lowest BCUT2D eigenvalue weighted by molar-refractivity contribution is -0.141. The fraction of sp³-hybridized carbons (Fsp3) is 0.429. The molecule has 0 aliphatic heterocycles. The minimum absolute atomic E-state index is 0.0426. The molecular formula is C21H28ClN3O2. The van der Waals surface area contributed by atoms with Crippen LogP contribution in [0.1, 0.15) is 31.5 Å². The molecule has 0 spiro atoms. The standard InChI is InChI=1S/C21H28ClN3O2/c1-4-12-24(21(27)17(2)22)16-20(26)25(14-18-9-6-5-7-10-18)15-19-11-8-13-23(19)3/h5-11,13,17H,4,12,14-16H2,1-3H3. The van der Waals surface area contributed by atoms with Gasteiger partial charge < -0.3 is 14.4 Å². The smallest absolute Gasteiger partial charge is 0.242 e. The van der Waals surface area contributed by atoms with Crippen molar-refractivity contribution in [1.29, 1.82) is 0 Å². The summed E-state index contributed by atoms with van der Waals surface area (Å²) in [5, 5.41) is -0.639. The first-order valence-electron chi connectivity index (χ1n) is 9.27. The second kappa shape index (κ2) is 10.2. The molecule has 146 valence electrons. The maximum atomic E-state index is 13.1. The van der Waals surface area contributed by atoms with Gasteiger partial charge in [0.25, 0.3) is 0 Å². The highest BCUT2D eigenvalue weighted by atomic mass is 35.5. The van der Waals surface area contributed by atoms with Crippen LogP contribution in [0.25, 0.3) is 0 Å². The van der Waals surface area contributed by atoms with E-state index in [1.54, 1.807) is 16.7 Å². The van der Waals surface area contributed by atoms with Gasteiger partial charge in [0.2, 0.25) is 11.8 Å². The lowest BCUT2D eigenvalue weighted by Crippen LogP contribution is -2.45. The Morgan fingerprint density at radius 1 is 1.07 bits per heavy atom. The molecule has 5 nitrogen and oxygen atoms in total. The van der Waals surface area contributed by atoms with E-state index in [0.29, 0.717) is 19.6 Å². The molecule has 0 radical (unpaired) electrons. The second-order valence-corrected chi connectivity index (χ2v) is 7.38. The summed E-state index contributed by atoms with van der Waals surface area (Å²) < 4.78 is 2.00. The number of hydrogen-bond donors (Lipinski definition) is 0. The second-order valence-electron chi connectivity index (χ2n) is 6.72. The van der Waals surface area contributed by atoms with E-state index in [4.69, 9.17) is 11.6 Å². The van der Waals surface area contributed by atoms with E-state index in [1.807, 2.05) is 67.2 Å². The van der Waals surface area contributed by atoms with Crippen LogP contribution in [0.5, 0.6) is 0 Å². The summed E-state index contributed by atoms with van der Waals surface area (Å²) in [6.07, 6.45) is 2.74. The van der Waals surface area contributed by atoms with Crippen LogP contribution in [-0.4, -0.2) is 44.6 Å². The van der Waals surface area contributed by atoms with Crippen molar-refractivity contribution in [1.82, 2.24) is 14.4 Å². The molecule has 0 N–H and O–H groups in total. The van der Waals surface area contributed by atoms with Crippen molar-refractivity contribution < 1.29 is 9.59 Å². The SMILES string of the molecule is CCCN(CC(=O)N(Cc1ccccc1)Cc1cccn1C)C(=O)C(C)Cl. The zero-order valence-electron chi connectivity index (χ0n) is 16.3. The number of alkyl halides is 1. The molecule has 2 rings (SSSR count). The Kier molecular flexibility index (Phi) is 7.92. The summed E-state index contributed by atoms with van der Waals surface area (Å²) in [6.45, 7) is 5.17. The Morgan fingerprint density at radius 2 is 1.78 bits per heavy atom. The van der Waals surface area contributed by atoms with E-state index < -0.39 is 5.38 Å². The van der Waals surface area contributed by atoms with Crippen LogP contribution >= 0.6 is 11.6 Å². The number of hydrogen-bond acceptors (Lipinski definition) is 2. The molecule has 0 saturated heterocycles.